The van der Waals surface area contributed by atoms with E-state index in [4.69, 9.17) is 5.73 Å². The van der Waals surface area contributed by atoms with Crippen LogP contribution in [-0.4, -0.2) is 29.9 Å². The van der Waals surface area contributed by atoms with Crippen molar-refractivity contribution >= 4 is 5.91 Å². The lowest BCUT2D eigenvalue weighted by atomic mass is 9.90. The summed E-state index contributed by atoms with van der Waals surface area (Å²) in [6.45, 7) is 5.25. The maximum Gasteiger partial charge on any atom is 0.254 e. The van der Waals surface area contributed by atoms with Gasteiger partial charge in [0.05, 0.1) is 0 Å². The molecular formula is C15H22N2O. The van der Waals surface area contributed by atoms with Gasteiger partial charge >= 0.3 is 0 Å². The van der Waals surface area contributed by atoms with Crippen LogP contribution < -0.4 is 5.73 Å². The van der Waals surface area contributed by atoms with E-state index in [9.17, 15) is 4.79 Å². The van der Waals surface area contributed by atoms with Crippen LogP contribution >= 0.6 is 0 Å². The highest BCUT2D eigenvalue weighted by Crippen LogP contribution is 2.26. The molecule has 3 heteroatoms. The number of nitrogens with two attached hydrogens (primary N) is 1. The number of amides is 1. The van der Waals surface area contributed by atoms with E-state index < -0.39 is 0 Å². The van der Waals surface area contributed by atoms with Gasteiger partial charge in [-0.25, -0.2) is 0 Å². The molecule has 0 atom stereocenters. The number of aryl methyl sites for hydroxylation is 2. The van der Waals surface area contributed by atoms with Crippen molar-refractivity contribution < 1.29 is 4.79 Å². The Morgan fingerprint density at radius 1 is 1.28 bits per heavy atom. The van der Waals surface area contributed by atoms with Crippen molar-refractivity contribution in [3.8, 4) is 0 Å². The molecule has 1 amide bonds. The molecule has 2 N–H and O–H groups in total. The number of carbonyl (C=O) groups is 1. The third kappa shape index (κ3) is 2.72. The first-order valence-electron chi connectivity index (χ1n) is 6.71. The van der Waals surface area contributed by atoms with Crippen LogP contribution in [0, 0.1) is 13.8 Å². The summed E-state index contributed by atoms with van der Waals surface area (Å²) in [6.07, 6.45) is 3.47. The molecule has 18 heavy (non-hydrogen) atoms. The van der Waals surface area contributed by atoms with E-state index in [2.05, 4.69) is 6.07 Å². The Hall–Kier alpha value is -1.35. The standard InChI is InChI=1S/C15H22N2O/c1-11-8-12(2)10-13(9-11)15(18)17(7-6-16)14-4-3-5-14/h8-10,14H,3-7,16H2,1-2H3. The largest absolute Gasteiger partial charge is 0.334 e. The molecule has 1 aromatic rings. The van der Waals surface area contributed by atoms with Gasteiger partial charge in [0.15, 0.2) is 0 Å². The molecular weight excluding hydrogens is 224 g/mol. The number of hydrogen-bond acceptors (Lipinski definition) is 2. The molecule has 0 saturated heterocycles. The average molecular weight is 246 g/mol. The summed E-state index contributed by atoms with van der Waals surface area (Å²) < 4.78 is 0. The molecule has 1 aliphatic carbocycles. The highest BCUT2D eigenvalue weighted by molar-refractivity contribution is 5.95. The lowest BCUT2D eigenvalue weighted by Crippen LogP contribution is -2.46. The number of rotatable bonds is 4. The van der Waals surface area contributed by atoms with E-state index in [0.717, 1.165) is 29.5 Å². The number of benzene rings is 1. The summed E-state index contributed by atoms with van der Waals surface area (Å²) in [5.74, 6) is 0.136. The number of carbonyl (C=O) groups excluding carboxylic acids is 1. The highest BCUT2D eigenvalue weighted by atomic mass is 16.2. The minimum absolute atomic E-state index is 0.136. The lowest BCUT2D eigenvalue weighted by Gasteiger charge is -2.37. The van der Waals surface area contributed by atoms with E-state index in [0.29, 0.717) is 19.1 Å². The van der Waals surface area contributed by atoms with Gasteiger partial charge < -0.3 is 10.6 Å². The van der Waals surface area contributed by atoms with Crippen LogP contribution in [0.1, 0.15) is 40.7 Å². The molecule has 98 valence electrons. The first-order chi connectivity index (χ1) is 8.61. The summed E-state index contributed by atoms with van der Waals surface area (Å²) in [5, 5.41) is 0. The second-order valence-corrected chi connectivity index (χ2v) is 5.25. The van der Waals surface area contributed by atoms with Crippen molar-refractivity contribution in [1.29, 1.82) is 0 Å². The second kappa shape index (κ2) is 5.53. The molecule has 1 aromatic carbocycles. The van der Waals surface area contributed by atoms with Crippen molar-refractivity contribution in [3.63, 3.8) is 0 Å². The Labute approximate surface area is 109 Å². The molecule has 0 heterocycles. The number of nitrogens with zero attached hydrogens (tertiary/aromatic N) is 1. The van der Waals surface area contributed by atoms with E-state index in [1.165, 1.54) is 6.42 Å². The van der Waals surface area contributed by atoms with Crippen molar-refractivity contribution in [2.24, 2.45) is 5.73 Å². The lowest BCUT2D eigenvalue weighted by molar-refractivity contribution is 0.0588. The Balaban J connectivity index is 2.21. The van der Waals surface area contributed by atoms with Gasteiger partial charge in [0, 0.05) is 24.7 Å². The minimum Gasteiger partial charge on any atom is -0.334 e. The Kier molecular flexibility index (Phi) is 4.02. The van der Waals surface area contributed by atoms with Gasteiger partial charge in [-0.05, 0) is 45.2 Å². The molecule has 1 aliphatic rings. The van der Waals surface area contributed by atoms with Gasteiger partial charge in [0.2, 0.25) is 0 Å². The topological polar surface area (TPSA) is 46.3 Å². The fourth-order valence-electron chi connectivity index (χ4n) is 2.55. The number of hydrogen-bond donors (Lipinski definition) is 1. The summed E-state index contributed by atoms with van der Waals surface area (Å²) in [4.78, 5) is 14.5. The first-order valence-corrected chi connectivity index (χ1v) is 6.71. The normalized spacial score (nSPS) is 15.3. The average Bonchev–Trinajstić information content (AvgIpc) is 2.23. The zero-order chi connectivity index (χ0) is 13.1. The molecule has 0 bridgehead atoms. The van der Waals surface area contributed by atoms with Gasteiger partial charge in [-0.3, -0.25) is 4.79 Å². The fraction of sp³-hybridized carbons (Fsp3) is 0.533. The van der Waals surface area contributed by atoms with Crippen LogP contribution in [0.4, 0.5) is 0 Å². The summed E-state index contributed by atoms with van der Waals surface area (Å²) >= 11 is 0. The maximum atomic E-state index is 12.5. The van der Waals surface area contributed by atoms with E-state index in [1.54, 1.807) is 0 Å². The van der Waals surface area contributed by atoms with Crippen LogP contribution in [-0.2, 0) is 0 Å². The predicted molar refractivity (Wildman–Crippen MR) is 73.6 cm³/mol. The van der Waals surface area contributed by atoms with Crippen molar-refractivity contribution in [3.05, 3.63) is 34.9 Å². The predicted octanol–water partition coefficient (Wildman–Crippen LogP) is 2.26. The molecule has 0 radical (unpaired) electrons. The second-order valence-electron chi connectivity index (χ2n) is 5.25. The first kappa shape index (κ1) is 13.1. The molecule has 0 aromatic heterocycles. The molecule has 3 nitrogen and oxygen atoms in total. The quantitative estimate of drug-likeness (QED) is 0.885. The van der Waals surface area contributed by atoms with E-state index >= 15 is 0 Å². The van der Waals surface area contributed by atoms with Crippen molar-refractivity contribution in [1.82, 2.24) is 4.90 Å². The summed E-state index contributed by atoms with van der Waals surface area (Å²) in [6, 6.07) is 6.43. The van der Waals surface area contributed by atoms with Gasteiger partial charge in [-0.1, -0.05) is 17.2 Å². The van der Waals surface area contributed by atoms with Gasteiger partial charge in [-0.2, -0.15) is 0 Å². The SMILES string of the molecule is Cc1cc(C)cc(C(=O)N(CCN)C2CCC2)c1. The molecule has 2 rings (SSSR count). The summed E-state index contributed by atoms with van der Waals surface area (Å²) in [5.41, 5.74) is 8.70. The fourth-order valence-corrected chi connectivity index (χ4v) is 2.55. The Morgan fingerprint density at radius 3 is 2.33 bits per heavy atom. The van der Waals surface area contributed by atoms with Crippen LogP contribution in [0.5, 0.6) is 0 Å². The zero-order valence-electron chi connectivity index (χ0n) is 11.3. The Morgan fingerprint density at radius 2 is 1.89 bits per heavy atom. The van der Waals surface area contributed by atoms with Crippen LogP contribution in [0.15, 0.2) is 18.2 Å². The monoisotopic (exact) mass is 246 g/mol. The summed E-state index contributed by atoms with van der Waals surface area (Å²) in [7, 11) is 0. The maximum absolute atomic E-state index is 12.5. The molecule has 0 aliphatic heterocycles. The van der Waals surface area contributed by atoms with E-state index in [-0.39, 0.29) is 5.91 Å². The molecule has 0 unspecified atom stereocenters. The van der Waals surface area contributed by atoms with Crippen molar-refractivity contribution in [2.45, 2.75) is 39.2 Å². The molecule has 1 saturated carbocycles. The molecule has 0 spiro atoms. The third-order valence-electron chi connectivity index (χ3n) is 3.61. The molecule has 1 fully saturated rings. The van der Waals surface area contributed by atoms with Gasteiger partial charge in [0.25, 0.3) is 5.91 Å². The van der Waals surface area contributed by atoms with Crippen LogP contribution in [0.3, 0.4) is 0 Å². The van der Waals surface area contributed by atoms with Gasteiger partial charge in [-0.15, -0.1) is 0 Å². The third-order valence-corrected chi connectivity index (χ3v) is 3.61. The minimum atomic E-state index is 0.136. The van der Waals surface area contributed by atoms with Crippen LogP contribution in [0.2, 0.25) is 0 Å². The van der Waals surface area contributed by atoms with E-state index in [1.807, 2.05) is 30.9 Å². The van der Waals surface area contributed by atoms with Crippen LogP contribution in [0.25, 0.3) is 0 Å². The van der Waals surface area contributed by atoms with Crippen molar-refractivity contribution in [2.75, 3.05) is 13.1 Å². The van der Waals surface area contributed by atoms with Gasteiger partial charge in [0.1, 0.15) is 0 Å². The highest BCUT2D eigenvalue weighted by Gasteiger charge is 2.28. The Bertz CT molecular complexity index is 418. The smallest absolute Gasteiger partial charge is 0.254 e. The zero-order valence-corrected chi connectivity index (χ0v) is 11.3.